The zero-order valence-electron chi connectivity index (χ0n) is 15.6. The average Bonchev–Trinajstić information content (AvgIpc) is 3.21. The summed E-state index contributed by atoms with van der Waals surface area (Å²) in [5.41, 5.74) is 1.23. The van der Waals surface area contributed by atoms with E-state index in [1.54, 1.807) is 42.3 Å². The molecule has 1 fully saturated rings. The predicted octanol–water partition coefficient (Wildman–Crippen LogP) is 2.91. The molecule has 1 saturated heterocycles. The summed E-state index contributed by atoms with van der Waals surface area (Å²) < 4.78 is 15.9. The van der Waals surface area contributed by atoms with Gasteiger partial charge in [-0.15, -0.1) is 0 Å². The zero-order chi connectivity index (χ0) is 19.5. The highest BCUT2D eigenvalue weighted by Crippen LogP contribution is 2.34. The fraction of sp³-hybridized carbons (Fsp3) is 0.333. The van der Waals surface area contributed by atoms with Gasteiger partial charge in [-0.1, -0.05) is 12.1 Å². The average molecular weight is 382 g/mol. The van der Waals surface area contributed by atoms with Crippen molar-refractivity contribution < 1.29 is 23.8 Å². The van der Waals surface area contributed by atoms with E-state index < -0.39 is 0 Å². The molecule has 0 aromatic heterocycles. The quantitative estimate of drug-likeness (QED) is 0.880. The van der Waals surface area contributed by atoms with E-state index in [1.807, 2.05) is 12.1 Å². The van der Waals surface area contributed by atoms with Crippen molar-refractivity contribution in [3.63, 3.8) is 0 Å². The van der Waals surface area contributed by atoms with Crippen LogP contribution >= 0.6 is 0 Å². The van der Waals surface area contributed by atoms with Crippen LogP contribution < -0.4 is 19.5 Å². The molecule has 0 saturated carbocycles. The van der Waals surface area contributed by atoms with Gasteiger partial charge < -0.3 is 24.4 Å². The highest BCUT2D eigenvalue weighted by Gasteiger charge is 2.29. The van der Waals surface area contributed by atoms with Crippen molar-refractivity contribution in [2.75, 3.05) is 32.3 Å². The number of benzene rings is 2. The van der Waals surface area contributed by atoms with Crippen LogP contribution in [0.2, 0.25) is 0 Å². The number of para-hydroxylation sites is 1. The molecule has 0 spiro atoms. The molecule has 2 amide bonds. The number of amides is 2. The second-order valence-corrected chi connectivity index (χ2v) is 6.82. The lowest BCUT2D eigenvalue weighted by atomic mass is 9.95. The van der Waals surface area contributed by atoms with Crippen LogP contribution in [0.25, 0.3) is 0 Å². The third kappa shape index (κ3) is 3.60. The maximum absolute atomic E-state index is 12.8. The van der Waals surface area contributed by atoms with Gasteiger partial charge in [0.1, 0.15) is 5.75 Å². The number of hydrogen-bond donors (Lipinski definition) is 1. The molecule has 0 atom stereocenters. The van der Waals surface area contributed by atoms with Crippen LogP contribution in [-0.4, -0.2) is 43.7 Å². The summed E-state index contributed by atoms with van der Waals surface area (Å²) in [5.74, 6) is 1.65. The van der Waals surface area contributed by atoms with Crippen molar-refractivity contribution >= 4 is 17.5 Å². The fourth-order valence-corrected chi connectivity index (χ4v) is 3.56. The summed E-state index contributed by atoms with van der Waals surface area (Å²) >= 11 is 0. The van der Waals surface area contributed by atoms with Crippen molar-refractivity contribution in [3.8, 4) is 17.2 Å². The number of rotatable bonds is 4. The van der Waals surface area contributed by atoms with Gasteiger partial charge in [0.25, 0.3) is 5.91 Å². The van der Waals surface area contributed by atoms with Crippen molar-refractivity contribution in [2.24, 2.45) is 5.92 Å². The van der Waals surface area contributed by atoms with Crippen molar-refractivity contribution in [2.45, 2.75) is 12.8 Å². The fourth-order valence-electron chi connectivity index (χ4n) is 3.56. The number of nitrogens with zero attached hydrogens (tertiary/aromatic N) is 1. The minimum Gasteiger partial charge on any atom is -0.496 e. The normalized spacial score (nSPS) is 16.0. The number of piperidine rings is 1. The lowest BCUT2D eigenvalue weighted by molar-refractivity contribution is -0.121. The molecular weight excluding hydrogens is 360 g/mol. The summed E-state index contributed by atoms with van der Waals surface area (Å²) in [5, 5.41) is 2.94. The first-order chi connectivity index (χ1) is 13.7. The largest absolute Gasteiger partial charge is 0.496 e. The molecule has 2 aromatic carbocycles. The molecule has 28 heavy (non-hydrogen) atoms. The predicted molar refractivity (Wildman–Crippen MR) is 103 cm³/mol. The van der Waals surface area contributed by atoms with Crippen LogP contribution in [0, 0.1) is 5.92 Å². The van der Waals surface area contributed by atoms with Gasteiger partial charge in [-0.25, -0.2) is 0 Å². The summed E-state index contributed by atoms with van der Waals surface area (Å²) in [6.45, 7) is 1.28. The molecule has 146 valence electrons. The Morgan fingerprint density at radius 3 is 2.61 bits per heavy atom. The lowest BCUT2D eigenvalue weighted by Crippen LogP contribution is -2.41. The molecular formula is C21H22N2O5. The minimum absolute atomic E-state index is 0.0387. The number of likely N-dealkylation sites (tertiary alicyclic amines) is 1. The third-order valence-electron chi connectivity index (χ3n) is 5.13. The first kappa shape index (κ1) is 18.2. The van der Waals surface area contributed by atoms with E-state index in [2.05, 4.69) is 5.32 Å². The Morgan fingerprint density at radius 2 is 1.82 bits per heavy atom. The number of nitrogens with one attached hydrogen (secondary N) is 1. The molecule has 2 aliphatic rings. The molecule has 0 aliphatic carbocycles. The Bertz CT molecular complexity index is 890. The van der Waals surface area contributed by atoms with Crippen LogP contribution in [-0.2, 0) is 4.79 Å². The standard InChI is InChI=1S/C21H22N2O5/c1-26-17-5-3-2-4-16(17)21(25)23-10-8-14(9-11-23)20(24)22-15-6-7-18-19(12-15)28-13-27-18/h2-7,12,14H,8-11,13H2,1H3,(H,22,24). The Balaban J connectivity index is 1.34. The van der Waals surface area contributed by atoms with Gasteiger partial charge in [0.2, 0.25) is 12.7 Å². The van der Waals surface area contributed by atoms with Gasteiger partial charge in [-0.2, -0.15) is 0 Å². The summed E-state index contributed by atoms with van der Waals surface area (Å²) in [4.78, 5) is 27.2. The molecule has 0 unspecified atom stereocenters. The lowest BCUT2D eigenvalue weighted by Gasteiger charge is -2.31. The van der Waals surface area contributed by atoms with Gasteiger partial charge in [0.15, 0.2) is 11.5 Å². The van der Waals surface area contributed by atoms with E-state index in [0.717, 1.165) is 0 Å². The molecule has 1 N–H and O–H groups in total. The van der Waals surface area contributed by atoms with Gasteiger partial charge in [-0.05, 0) is 37.1 Å². The summed E-state index contributed by atoms with van der Waals surface area (Å²) in [6, 6.07) is 12.5. The van der Waals surface area contributed by atoms with Crippen LogP contribution in [0.4, 0.5) is 5.69 Å². The summed E-state index contributed by atoms with van der Waals surface area (Å²) in [7, 11) is 1.55. The van der Waals surface area contributed by atoms with E-state index in [1.165, 1.54) is 0 Å². The Morgan fingerprint density at radius 1 is 1.07 bits per heavy atom. The molecule has 0 radical (unpaired) electrons. The molecule has 2 aromatic rings. The van der Waals surface area contributed by atoms with Crippen molar-refractivity contribution in [1.29, 1.82) is 0 Å². The first-order valence-corrected chi connectivity index (χ1v) is 9.28. The second-order valence-electron chi connectivity index (χ2n) is 6.82. The number of ether oxygens (including phenoxy) is 3. The topological polar surface area (TPSA) is 77.1 Å². The number of hydrogen-bond acceptors (Lipinski definition) is 5. The second kappa shape index (κ2) is 7.80. The van der Waals surface area contributed by atoms with E-state index in [4.69, 9.17) is 14.2 Å². The number of methoxy groups -OCH3 is 1. The summed E-state index contributed by atoms with van der Waals surface area (Å²) in [6.07, 6.45) is 1.24. The Kier molecular flexibility index (Phi) is 5.06. The highest BCUT2D eigenvalue weighted by atomic mass is 16.7. The maximum atomic E-state index is 12.8. The Hall–Kier alpha value is -3.22. The van der Waals surface area contributed by atoms with E-state index in [9.17, 15) is 9.59 Å². The van der Waals surface area contributed by atoms with Crippen LogP contribution in [0.5, 0.6) is 17.2 Å². The third-order valence-corrected chi connectivity index (χ3v) is 5.13. The van der Waals surface area contributed by atoms with Crippen LogP contribution in [0.3, 0.4) is 0 Å². The number of fused-ring (bicyclic) bond motifs is 1. The Labute approximate surface area is 163 Å². The van der Waals surface area contributed by atoms with Crippen LogP contribution in [0.15, 0.2) is 42.5 Å². The van der Waals surface area contributed by atoms with Crippen molar-refractivity contribution in [1.82, 2.24) is 4.90 Å². The number of carbonyl (C=O) groups is 2. The first-order valence-electron chi connectivity index (χ1n) is 9.28. The van der Waals surface area contributed by atoms with Gasteiger partial charge in [0.05, 0.1) is 12.7 Å². The molecule has 2 heterocycles. The molecule has 7 nitrogen and oxygen atoms in total. The minimum atomic E-state index is -0.132. The highest BCUT2D eigenvalue weighted by molar-refractivity contribution is 5.97. The number of carbonyl (C=O) groups excluding carboxylic acids is 2. The molecule has 7 heteroatoms. The molecule has 2 aliphatic heterocycles. The van der Waals surface area contributed by atoms with Gasteiger partial charge in [0, 0.05) is 30.8 Å². The smallest absolute Gasteiger partial charge is 0.257 e. The van der Waals surface area contributed by atoms with E-state index in [0.29, 0.717) is 54.4 Å². The molecule has 4 rings (SSSR count). The van der Waals surface area contributed by atoms with Gasteiger partial charge in [-0.3, -0.25) is 9.59 Å². The van der Waals surface area contributed by atoms with E-state index >= 15 is 0 Å². The van der Waals surface area contributed by atoms with Gasteiger partial charge >= 0.3 is 0 Å². The SMILES string of the molecule is COc1ccccc1C(=O)N1CCC(C(=O)Nc2ccc3c(c2)OCO3)CC1. The van der Waals surface area contributed by atoms with E-state index in [-0.39, 0.29) is 24.5 Å². The van der Waals surface area contributed by atoms with Crippen LogP contribution in [0.1, 0.15) is 23.2 Å². The number of anilines is 1. The van der Waals surface area contributed by atoms with Crippen molar-refractivity contribution in [3.05, 3.63) is 48.0 Å². The molecule has 0 bridgehead atoms. The maximum Gasteiger partial charge on any atom is 0.257 e. The monoisotopic (exact) mass is 382 g/mol. The zero-order valence-corrected chi connectivity index (χ0v) is 15.6.